The van der Waals surface area contributed by atoms with Crippen molar-refractivity contribution in [1.29, 1.82) is 0 Å². The first-order valence-corrected chi connectivity index (χ1v) is 7.64. The van der Waals surface area contributed by atoms with Gasteiger partial charge in [0.1, 0.15) is 0 Å². The Morgan fingerprint density at radius 1 is 1.37 bits per heavy atom. The highest BCUT2D eigenvalue weighted by Gasteiger charge is 2.35. The van der Waals surface area contributed by atoms with Crippen LogP contribution in [0.3, 0.4) is 0 Å². The Morgan fingerprint density at radius 3 is 2.58 bits per heavy atom. The van der Waals surface area contributed by atoms with Gasteiger partial charge in [0, 0.05) is 31.7 Å². The van der Waals surface area contributed by atoms with Crippen LogP contribution in [0.1, 0.15) is 40.5 Å². The van der Waals surface area contributed by atoms with Crippen molar-refractivity contribution in [2.75, 3.05) is 45.9 Å². The number of ether oxygens (including phenoxy) is 1. The van der Waals surface area contributed by atoms with E-state index in [1.807, 2.05) is 13.8 Å². The zero-order valence-electron chi connectivity index (χ0n) is 13.2. The molecule has 1 aliphatic heterocycles. The second-order valence-electron chi connectivity index (χ2n) is 6.55. The first-order chi connectivity index (χ1) is 8.91. The Balaban J connectivity index is 2.63. The van der Waals surface area contributed by atoms with Crippen LogP contribution in [0.15, 0.2) is 0 Å². The molecule has 0 saturated carbocycles. The smallest absolute Gasteiger partial charge is 0.0718 e. The van der Waals surface area contributed by atoms with Gasteiger partial charge in [0.25, 0.3) is 0 Å². The van der Waals surface area contributed by atoms with Gasteiger partial charge in [0.2, 0.25) is 0 Å². The van der Waals surface area contributed by atoms with Gasteiger partial charge in [0.15, 0.2) is 0 Å². The van der Waals surface area contributed by atoms with Crippen molar-refractivity contribution in [2.24, 2.45) is 5.41 Å². The predicted octanol–water partition coefficient (Wildman–Crippen LogP) is 1.49. The molecule has 1 fully saturated rings. The number of rotatable bonds is 8. The molecule has 2 N–H and O–H groups in total. The van der Waals surface area contributed by atoms with Crippen LogP contribution in [0.4, 0.5) is 0 Å². The van der Waals surface area contributed by atoms with Gasteiger partial charge in [-0.25, -0.2) is 0 Å². The van der Waals surface area contributed by atoms with Crippen LogP contribution in [-0.2, 0) is 4.74 Å². The summed E-state index contributed by atoms with van der Waals surface area (Å²) in [6, 6.07) is 0. The molecule has 0 amide bonds. The Kier molecular flexibility index (Phi) is 6.74. The molecule has 1 rings (SSSR count). The van der Waals surface area contributed by atoms with Crippen LogP contribution in [0.5, 0.6) is 0 Å². The van der Waals surface area contributed by atoms with Crippen LogP contribution < -0.4 is 5.32 Å². The summed E-state index contributed by atoms with van der Waals surface area (Å²) in [4.78, 5) is 2.35. The second kappa shape index (κ2) is 7.58. The Bertz CT molecular complexity index is 245. The number of nitrogens with zero attached hydrogens (tertiary/aromatic N) is 1. The maximum absolute atomic E-state index is 10.0. The maximum atomic E-state index is 10.0. The summed E-state index contributed by atoms with van der Waals surface area (Å²) >= 11 is 0. The molecular weight excluding hydrogens is 240 g/mol. The third-order valence-corrected chi connectivity index (χ3v) is 3.77. The van der Waals surface area contributed by atoms with Crippen LogP contribution in [0, 0.1) is 5.41 Å². The summed E-state index contributed by atoms with van der Waals surface area (Å²) in [5.74, 6) is 0. The van der Waals surface area contributed by atoms with Gasteiger partial charge >= 0.3 is 0 Å². The van der Waals surface area contributed by atoms with Gasteiger partial charge < -0.3 is 20.1 Å². The van der Waals surface area contributed by atoms with Gasteiger partial charge in [-0.05, 0) is 39.8 Å². The molecule has 19 heavy (non-hydrogen) atoms. The van der Waals surface area contributed by atoms with E-state index in [0.717, 1.165) is 52.4 Å². The number of nitrogens with one attached hydrogen (secondary N) is 1. The minimum Gasteiger partial charge on any atom is -0.389 e. The lowest BCUT2D eigenvalue weighted by atomic mass is 9.81. The van der Waals surface area contributed by atoms with Crippen molar-refractivity contribution in [2.45, 2.75) is 46.1 Å². The van der Waals surface area contributed by atoms with Crippen LogP contribution >= 0.6 is 0 Å². The molecule has 1 heterocycles. The van der Waals surface area contributed by atoms with E-state index in [2.05, 4.69) is 24.1 Å². The summed E-state index contributed by atoms with van der Waals surface area (Å²) in [6.07, 6.45) is 2.35. The van der Waals surface area contributed by atoms with Gasteiger partial charge in [-0.1, -0.05) is 13.8 Å². The van der Waals surface area contributed by atoms with Gasteiger partial charge in [-0.15, -0.1) is 0 Å². The number of likely N-dealkylation sites (N-methyl/N-ethyl adjacent to an activating group) is 1. The van der Waals surface area contributed by atoms with Crippen molar-refractivity contribution in [3.63, 3.8) is 0 Å². The topological polar surface area (TPSA) is 44.7 Å². The second-order valence-corrected chi connectivity index (χ2v) is 6.55. The zero-order valence-corrected chi connectivity index (χ0v) is 13.2. The molecule has 1 atom stereocenters. The van der Waals surface area contributed by atoms with Crippen molar-refractivity contribution in [3.05, 3.63) is 0 Å². The fourth-order valence-corrected chi connectivity index (χ4v) is 2.92. The van der Waals surface area contributed by atoms with E-state index in [0.29, 0.717) is 0 Å². The molecule has 0 aromatic carbocycles. The van der Waals surface area contributed by atoms with Crippen molar-refractivity contribution in [3.8, 4) is 0 Å². The lowest BCUT2D eigenvalue weighted by Crippen LogP contribution is -2.51. The molecule has 1 saturated heterocycles. The molecule has 4 heteroatoms. The lowest BCUT2D eigenvalue weighted by Gasteiger charge is -2.42. The van der Waals surface area contributed by atoms with Crippen LogP contribution in [-0.4, -0.2) is 61.5 Å². The van der Waals surface area contributed by atoms with Gasteiger partial charge in [-0.2, -0.15) is 0 Å². The molecule has 0 aromatic rings. The lowest BCUT2D eigenvalue weighted by molar-refractivity contribution is -0.0397. The van der Waals surface area contributed by atoms with E-state index in [-0.39, 0.29) is 5.41 Å². The molecule has 0 bridgehead atoms. The Hall–Kier alpha value is -0.160. The molecule has 0 radical (unpaired) electrons. The fourth-order valence-electron chi connectivity index (χ4n) is 2.92. The van der Waals surface area contributed by atoms with Crippen molar-refractivity contribution >= 4 is 0 Å². The number of aliphatic hydroxyl groups is 1. The quantitative estimate of drug-likeness (QED) is 0.702. The van der Waals surface area contributed by atoms with Crippen molar-refractivity contribution in [1.82, 2.24) is 10.2 Å². The number of hydrogen-bond acceptors (Lipinski definition) is 4. The SMILES string of the molecule is CCNCC1(CN(CC)CC(C)(C)O)CCCOC1. The molecule has 4 nitrogen and oxygen atoms in total. The van der Waals surface area contributed by atoms with E-state index >= 15 is 0 Å². The van der Waals surface area contributed by atoms with E-state index in [1.165, 1.54) is 6.42 Å². The average Bonchev–Trinajstić information content (AvgIpc) is 2.35. The number of hydrogen-bond donors (Lipinski definition) is 2. The van der Waals surface area contributed by atoms with Gasteiger partial charge in [-0.3, -0.25) is 0 Å². The monoisotopic (exact) mass is 272 g/mol. The van der Waals surface area contributed by atoms with Crippen LogP contribution in [0.2, 0.25) is 0 Å². The van der Waals surface area contributed by atoms with E-state index < -0.39 is 5.60 Å². The molecule has 0 aliphatic carbocycles. The molecular formula is C15H32N2O2. The average molecular weight is 272 g/mol. The summed E-state index contributed by atoms with van der Waals surface area (Å²) in [5, 5.41) is 13.5. The Morgan fingerprint density at radius 2 is 2.11 bits per heavy atom. The summed E-state index contributed by atoms with van der Waals surface area (Å²) in [6.45, 7) is 14.5. The molecule has 1 aliphatic rings. The van der Waals surface area contributed by atoms with Gasteiger partial charge in [0.05, 0.1) is 12.2 Å². The molecule has 0 spiro atoms. The highest BCUT2D eigenvalue weighted by molar-refractivity contribution is 4.88. The third-order valence-electron chi connectivity index (χ3n) is 3.77. The molecule has 0 aromatic heterocycles. The third kappa shape index (κ3) is 6.21. The first kappa shape index (κ1) is 16.9. The zero-order chi connectivity index (χ0) is 14.4. The standard InChI is InChI=1S/C15H32N2O2/c1-5-16-10-15(8-7-9-19-13-15)12-17(6-2)11-14(3,4)18/h16,18H,5-13H2,1-4H3. The largest absolute Gasteiger partial charge is 0.389 e. The predicted molar refractivity (Wildman–Crippen MR) is 79.4 cm³/mol. The van der Waals surface area contributed by atoms with E-state index in [9.17, 15) is 5.11 Å². The summed E-state index contributed by atoms with van der Waals surface area (Å²) < 4.78 is 5.73. The van der Waals surface area contributed by atoms with E-state index in [1.54, 1.807) is 0 Å². The minimum absolute atomic E-state index is 0.204. The normalized spacial score (nSPS) is 24.9. The molecule has 1 unspecified atom stereocenters. The molecule has 114 valence electrons. The highest BCUT2D eigenvalue weighted by atomic mass is 16.5. The maximum Gasteiger partial charge on any atom is 0.0718 e. The van der Waals surface area contributed by atoms with Crippen molar-refractivity contribution < 1.29 is 9.84 Å². The summed E-state index contributed by atoms with van der Waals surface area (Å²) in [5.41, 5.74) is -0.430. The summed E-state index contributed by atoms with van der Waals surface area (Å²) in [7, 11) is 0. The Labute approximate surface area is 118 Å². The highest BCUT2D eigenvalue weighted by Crippen LogP contribution is 2.29. The van der Waals surface area contributed by atoms with E-state index in [4.69, 9.17) is 4.74 Å². The first-order valence-electron chi connectivity index (χ1n) is 7.64. The fraction of sp³-hybridized carbons (Fsp3) is 1.00. The van der Waals surface area contributed by atoms with Crippen LogP contribution in [0.25, 0.3) is 0 Å². The minimum atomic E-state index is -0.634.